The Morgan fingerprint density at radius 1 is 1.46 bits per heavy atom. The summed E-state index contributed by atoms with van der Waals surface area (Å²) in [5, 5.41) is 3.28. The second-order valence-electron chi connectivity index (χ2n) is 3.23. The molecule has 0 aliphatic carbocycles. The van der Waals surface area contributed by atoms with E-state index in [1.807, 2.05) is 6.08 Å². The molecule has 1 nitrogen and oxygen atoms in total. The van der Waals surface area contributed by atoms with Crippen LogP contribution in [0.4, 0.5) is 0 Å². The maximum atomic E-state index is 3.66. The Morgan fingerprint density at radius 2 is 2.31 bits per heavy atom. The summed E-state index contributed by atoms with van der Waals surface area (Å²) in [4.78, 5) is 0. The lowest BCUT2D eigenvalue weighted by Crippen LogP contribution is -2.16. The fraction of sp³-hybridized carbons (Fsp3) is 0.333. The van der Waals surface area contributed by atoms with Crippen LogP contribution in [0.25, 0.3) is 0 Å². The zero-order chi connectivity index (χ0) is 9.52. The number of aryl methyl sites for hydroxylation is 1. The van der Waals surface area contributed by atoms with Crippen molar-refractivity contribution in [2.45, 2.75) is 13.3 Å². The van der Waals surface area contributed by atoms with Gasteiger partial charge in [0.05, 0.1) is 0 Å². The molecule has 0 spiro atoms. The lowest BCUT2D eigenvalue weighted by molar-refractivity contribution is 0.745. The van der Waals surface area contributed by atoms with E-state index < -0.39 is 0 Å². The molecule has 1 aromatic carbocycles. The van der Waals surface area contributed by atoms with E-state index in [1.165, 1.54) is 11.1 Å². The van der Waals surface area contributed by atoms with Crippen molar-refractivity contribution in [2.75, 3.05) is 13.1 Å². The van der Waals surface area contributed by atoms with E-state index in [0.717, 1.165) is 19.5 Å². The predicted octanol–water partition coefficient (Wildman–Crippen LogP) is 2.31. The quantitative estimate of drug-likeness (QED) is 0.535. The molecule has 0 radical (unpaired) electrons. The van der Waals surface area contributed by atoms with Crippen LogP contribution < -0.4 is 5.32 Å². The van der Waals surface area contributed by atoms with Crippen molar-refractivity contribution >= 4 is 0 Å². The molecule has 0 saturated heterocycles. The smallest absolute Gasteiger partial charge is 0.0132 e. The fourth-order valence-electron chi connectivity index (χ4n) is 1.30. The van der Waals surface area contributed by atoms with Gasteiger partial charge < -0.3 is 5.32 Å². The third-order valence-corrected chi connectivity index (χ3v) is 1.96. The van der Waals surface area contributed by atoms with Crippen molar-refractivity contribution in [2.24, 2.45) is 0 Å². The molecule has 0 atom stereocenters. The van der Waals surface area contributed by atoms with Crippen molar-refractivity contribution in [1.82, 2.24) is 5.32 Å². The largest absolute Gasteiger partial charge is 0.313 e. The highest BCUT2D eigenvalue weighted by molar-refractivity contribution is 5.22. The van der Waals surface area contributed by atoms with Gasteiger partial charge in [-0.1, -0.05) is 35.9 Å². The molecule has 0 aromatic heterocycles. The number of rotatable bonds is 5. The predicted molar refractivity (Wildman–Crippen MR) is 57.9 cm³/mol. The Balaban J connectivity index is 2.32. The van der Waals surface area contributed by atoms with Crippen LogP contribution in [0.5, 0.6) is 0 Å². The molecule has 0 heterocycles. The minimum absolute atomic E-state index is 0.895. The van der Waals surface area contributed by atoms with Crippen molar-refractivity contribution in [1.29, 1.82) is 0 Å². The van der Waals surface area contributed by atoms with Gasteiger partial charge in [-0.05, 0) is 25.5 Å². The first-order chi connectivity index (χ1) is 6.33. The Labute approximate surface area is 80.5 Å². The summed E-state index contributed by atoms with van der Waals surface area (Å²) in [6, 6.07) is 8.64. The van der Waals surface area contributed by atoms with Crippen LogP contribution in [-0.4, -0.2) is 13.1 Å². The molecule has 0 saturated carbocycles. The maximum absolute atomic E-state index is 3.66. The van der Waals surface area contributed by atoms with Gasteiger partial charge in [0.15, 0.2) is 0 Å². The van der Waals surface area contributed by atoms with Gasteiger partial charge in [0.2, 0.25) is 0 Å². The van der Waals surface area contributed by atoms with Crippen molar-refractivity contribution in [3.63, 3.8) is 0 Å². The second kappa shape index (κ2) is 5.55. The fourth-order valence-corrected chi connectivity index (χ4v) is 1.30. The summed E-state index contributed by atoms with van der Waals surface area (Å²) in [7, 11) is 0. The summed E-state index contributed by atoms with van der Waals surface area (Å²) in [5.41, 5.74) is 2.73. The number of nitrogens with one attached hydrogen (secondary N) is 1. The Kier molecular flexibility index (Phi) is 4.27. The average Bonchev–Trinajstić information content (AvgIpc) is 2.13. The number of hydrogen-bond donors (Lipinski definition) is 1. The second-order valence-corrected chi connectivity index (χ2v) is 3.23. The Bertz CT molecular complexity index is 266. The highest BCUT2D eigenvalue weighted by Gasteiger charge is 1.91. The van der Waals surface area contributed by atoms with E-state index in [4.69, 9.17) is 0 Å². The van der Waals surface area contributed by atoms with Crippen LogP contribution >= 0.6 is 0 Å². The normalized spacial score (nSPS) is 9.92. The van der Waals surface area contributed by atoms with Crippen molar-refractivity contribution in [3.05, 3.63) is 48.0 Å². The maximum Gasteiger partial charge on any atom is 0.0132 e. The van der Waals surface area contributed by atoms with Crippen molar-refractivity contribution in [3.8, 4) is 0 Å². The molecule has 0 bridgehead atoms. The van der Waals surface area contributed by atoms with E-state index in [1.54, 1.807) is 0 Å². The zero-order valence-electron chi connectivity index (χ0n) is 8.22. The Hall–Kier alpha value is -1.08. The van der Waals surface area contributed by atoms with Crippen LogP contribution in [0.1, 0.15) is 11.1 Å². The molecule has 0 amide bonds. The van der Waals surface area contributed by atoms with Gasteiger partial charge in [0.25, 0.3) is 0 Å². The van der Waals surface area contributed by atoms with Gasteiger partial charge in [-0.3, -0.25) is 0 Å². The van der Waals surface area contributed by atoms with Crippen LogP contribution in [0, 0.1) is 6.92 Å². The van der Waals surface area contributed by atoms with E-state index in [-0.39, 0.29) is 0 Å². The van der Waals surface area contributed by atoms with E-state index in [2.05, 4.69) is 43.1 Å². The first-order valence-electron chi connectivity index (χ1n) is 4.70. The lowest BCUT2D eigenvalue weighted by atomic mass is 10.1. The summed E-state index contributed by atoms with van der Waals surface area (Å²) in [5.74, 6) is 0. The number of benzene rings is 1. The zero-order valence-corrected chi connectivity index (χ0v) is 8.22. The highest BCUT2D eigenvalue weighted by atomic mass is 14.8. The van der Waals surface area contributed by atoms with Gasteiger partial charge in [-0.2, -0.15) is 0 Å². The van der Waals surface area contributed by atoms with Gasteiger partial charge in [-0.25, -0.2) is 0 Å². The first kappa shape index (κ1) is 10.0. The molecule has 70 valence electrons. The molecule has 1 N–H and O–H groups in total. The van der Waals surface area contributed by atoms with Crippen LogP contribution in [0.3, 0.4) is 0 Å². The third kappa shape index (κ3) is 3.90. The average molecular weight is 175 g/mol. The molecular weight excluding hydrogens is 158 g/mol. The van der Waals surface area contributed by atoms with E-state index >= 15 is 0 Å². The van der Waals surface area contributed by atoms with Crippen molar-refractivity contribution < 1.29 is 0 Å². The summed E-state index contributed by atoms with van der Waals surface area (Å²) in [6.45, 7) is 7.70. The van der Waals surface area contributed by atoms with E-state index in [0.29, 0.717) is 0 Å². The van der Waals surface area contributed by atoms with Gasteiger partial charge in [-0.15, -0.1) is 6.58 Å². The summed E-state index contributed by atoms with van der Waals surface area (Å²) >= 11 is 0. The van der Waals surface area contributed by atoms with Gasteiger partial charge >= 0.3 is 0 Å². The molecule has 0 fully saturated rings. The summed E-state index contributed by atoms with van der Waals surface area (Å²) < 4.78 is 0. The molecule has 1 aromatic rings. The van der Waals surface area contributed by atoms with E-state index in [9.17, 15) is 0 Å². The van der Waals surface area contributed by atoms with Crippen LogP contribution in [0.2, 0.25) is 0 Å². The standard InChI is InChI=1S/C12H17N/c1-3-8-13-9-7-12-6-4-5-11(2)10-12/h3-6,10,13H,1,7-9H2,2H3. The molecule has 0 aliphatic rings. The first-order valence-corrected chi connectivity index (χ1v) is 4.70. The molecule has 0 unspecified atom stereocenters. The molecular formula is C12H17N. The number of hydrogen-bond acceptors (Lipinski definition) is 1. The van der Waals surface area contributed by atoms with Crippen LogP contribution in [-0.2, 0) is 6.42 Å². The summed E-state index contributed by atoms with van der Waals surface area (Å²) in [6.07, 6.45) is 2.98. The SMILES string of the molecule is C=CCNCCc1cccc(C)c1. The highest BCUT2D eigenvalue weighted by Crippen LogP contribution is 2.03. The molecule has 13 heavy (non-hydrogen) atoms. The third-order valence-electron chi connectivity index (χ3n) is 1.96. The van der Waals surface area contributed by atoms with Gasteiger partial charge in [0, 0.05) is 6.54 Å². The molecule has 1 rings (SSSR count). The molecule has 1 heteroatoms. The molecule has 0 aliphatic heterocycles. The van der Waals surface area contributed by atoms with Gasteiger partial charge in [0.1, 0.15) is 0 Å². The van der Waals surface area contributed by atoms with Crippen LogP contribution in [0.15, 0.2) is 36.9 Å². The minimum atomic E-state index is 0.895. The monoisotopic (exact) mass is 175 g/mol. The minimum Gasteiger partial charge on any atom is -0.313 e. The Morgan fingerprint density at radius 3 is 3.00 bits per heavy atom. The topological polar surface area (TPSA) is 12.0 Å². The lowest BCUT2D eigenvalue weighted by Gasteiger charge is -2.02.